The molecule has 1 amide bonds. The summed E-state index contributed by atoms with van der Waals surface area (Å²) in [5.74, 6) is -1.06. The lowest BCUT2D eigenvalue weighted by Gasteiger charge is -2.35. The molecule has 7 nitrogen and oxygen atoms in total. The third kappa shape index (κ3) is 8.56. The fraction of sp³-hybridized carbons (Fsp3) is 0.500. The van der Waals surface area contributed by atoms with Gasteiger partial charge >= 0.3 is 12.4 Å². The van der Waals surface area contributed by atoms with Gasteiger partial charge in [-0.3, -0.25) is 9.59 Å². The van der Waals surface area contributed by atoms with E-state index in [1.807, 2.05) is 4.90 Å². The smallest absolute Gasteiger partial charge is 0.382 e. The normalized spacial score (nSPS) is 19.1. The number of ketones is 1. The van der Waals surface area contributed by atoms with Crippen LogP contribution in [-0.2, 0) is 26.6 Å². The zero-order valence-corrected chi connectivity index (χ0v) is 25.8. The van der Waals surface area contributed by atoms with Crippen LogP contribution in [0.1, 0.15) is 47.2 Å². The lowest BCUT2D eigenvalue weighted by Crippen LogP contribution is -2.45. The fourth-order valence-corrected chi connectivity index (χ4v) is 6.94. The third-order valence-corrected chi connectivity index (χ3v) is 9.34. The Hall–Kier alpha value is -3.23. The minimum Gasteiger partial charge on any atom is -0.382 e. The standard InChI is InChI=1S/C32H35F6N3O4S/c33-31(34,35)28-25(26(42)8-11-40-14-18-45-19-15-40)4-5-27(29(28)32(36,37)38)46-24-3-1-2-23(20-24)39-22-6-12-41(13-7-22)30(43)21-9-16-44-17-10-21/h1-5,8,11,20-22,39H,6-7,9-10,12-19H2. The van der Waals surface area contributed by atoms with E-state index in [0.717, 1.165) is 18.2 Å². The van der Waals surface area contributed by atoms with Gasteiger partial charge in [-0.2, -0.15) is 26.3 Å². The number of likely N-dealkylation sites (tertiary alicyclic amines) is 1. The van der Waals surface area contributed by atoms with Gasteiger partial charge in [0.05, 0.1) is 24.3 Å². The molecule has 3 fully saturated rings. The molecule has 3 heterocycles. The largest absolute Gasteiger partial charge is 0.418 e. The summed E-state index contributed by atoms with van der Waals surface area (Å²) < 4.78 is 96.4. The number of carbonyl (C=O) groups excluding carboxylic acids is 2. The summed E-state index contributed by atoms with van der Waals surface area (Å²) in [4.78, 5) is 28.8. The second-order valence-electron chi connectivity index (χ2n) is 11.4. The van der Waals surface area contributed by atoms with Crippen molar-refractivity contribution < 1.29 is 45.4 Å². The summed E-state index contributed by atoms with van der Waals surface area (Å²) in [5.41, 5.74) is -4.36. The van der Waals surface area contributed by atoms with Crippen LogP contribution in [-0.4, -0.2) is 80.1 Å². The molecule has 0 aliphatic carbocycles. The number of nitrogens with zero attached hydrogens (tertiary/aromatic N) is 2. The van der Waals surface area contributed by atoms with Crippen molar-refractivity contribution in [2.24, 2.45) is 5.92 Å². The van der Waals surface area contributed by atoms with Gasteiger partial charge in [0.1, 0.15) is 0 Å². The third-order valence-electron chi connectivity index (χ3n) is 8.29. The summed E-state index contributed by atoms with van der Waals surface area (Å²) in [7, 11) is 0. The van der Waals surface area contributed by atoms with Crippen molar-refractivity contribution >= 4 is 29.1 Å². The monoisotopic (exact) mass is 671 g/mol. The lowest BCUT2D eigenvalue weighted by molar-refractivity contribution is -0.163. The van der Waals surface area contributed by atoms with Gasteiger partial charge in [-0.15, -0.1) is 0 Å². The molecule has 0 aromatic heterocycles. The summed E-state index contributed by atoms with van der Waals surface area (Å²) in [6, 6.07) is 8.19. The minimum absolute atomic E-state index is 0.0115. The Morgan fingerprint density at radius 1 is 0.826 bits per heavy atom. The highest BCUT2D eigenvalue weighted by Gasteiger charge is 2.47. The number of alkyl halides is 6. The molecule has 0 atom stereocenters. The number of morpholine rings is 1. The number of allylic oxidation sites excluding steroid dienone is 1. The van der Waals surface area contributed by atoms with Gasteiger partial charge in [0.15, 0.2) is 5.78 Å². The number of nitrogens with one attached hydrogen (secondary N) is 1. The second-order valence-corrected chi connectivity index (χ2v) is 12.6. The molecule has 0 unspecified atom stereocenters. The highest BCUT2D eigenvalue weighted by atomic mass is 32.2. The molecular weight excluding hydrogens is 636 g/mol. The number of hydrogen-bond donors (Lipinski definition) is 1. The predicted molar refractivity (Wildman–Crippen MR) is 160 cm³/mol. The summed E-state index contributed by atoms with van der Waals surface area (Å²) in [5, 5.41) is 3.35. The zero-order valence-electron chi connectivity index (χ0n) is 25.0. The quantitative estimate of drug-likeness (QED) is 0.190. The first-order valence-corrected chi connectivity index (χ1v) is 16.0. The molecule has 0 bridgehead atoms. The van der Waals surface area contributed by atoms with Crippen LogP contribution in [0.15, 0.2) is 58.5 Å². The van der Waals surface area contributed by atoms with Crippen molar-refractivity contribution in [2.75, 3.05) is 57.9 Å². The van der Waals surface area contributed by atoms with Crippen LogP contribution in [0.2, 0.25) is 0 Å². The molecule has 3 aliphatic rings. The van der Waals surface area contributed by atoms with Crippen molar-refractivity contribution in [2.45, 2.75) is 53.9 Å². The molecule has 5 rings (SSSR count). The van der Waals surface area contributed by atoms with E-state index in [2.05, 4.69) is 5.32 Å². The molecular formula is C32H35F6N3O4S. The molecule has 0 radical (unpaired) electrons. The predicted octanol–water partition coefficient (Wildman–Crippen LogP) is 6.73. The van der Waals surface area contributed by atoms with Crippen molar-refractivity contribution in [3.63, 3.8) is 0 Å². The first kappa shape index (κ1) is 34.1. The summed E-state index contributed by atoms with van der Waals surface area (Å²) in [6.45, 7) is 3.86. The molecule has 250 valence electrons. The topological polar surface area (TPSA) is 71.1 Å². The van der Waals surface area contributed by atoms with Crippen molar-refractivity contribution in [1.29, 1.82) is 0 Å². The van der Waals surface area contributed by atoms with Crippen LogP contribution < -0.4 is 5.32 Å². The minimum atomic E-state index is -5.44. The summed E-state index contributed by atoms with van der Waals surface area (Å²) >= 11 is 0.550. The Labute approximate surface area is 267 Å². The maximum Gasteiger partial charge on any atom is 0.418 e. The van der Waals surface area contributed by atoms with Crippen LogP contribution in [0.5, 0.6) is 0 Å². The molecule has 3 saturated heterocycles. The first-order valence-electron chi connectivity index (χ1n) is 15.2. The van der Waals surface area contributed by atoms with Crippen LogP contribution in [0, 0.1) is 5.92 Å². The Kier molecular flexibility index (Phi) is 10.9. The Morgan fingerprint density at radius 2 is 1.48 bits per heavy atom. The Morgan fingerprint density at radius 3 is 2.13 bits per heavy atom. The molecule has 0 spiro atoms. The molecule has 2 aromatic carbocycles. The number of ether oxygens (including phenoxy) is 2. The van der Waals surface area contributed by atoms with Crippen molar-refractivity contribution in [3.8, 4) is 0 Å². The molecule has 0 saturated carbocycles. The Balaban J connectivity index is 1.31. The van der Waals surface area contributed by atoms with E-state index in [1.165, 1.54) is 12.3 Å². The number of amides is 1. The summed E-state index contributed by atoms with van der Waals surface area (Å²) in [6.07, 6.45) is -5.90. The molecule has 1 N–H and O–H groups in total. The van der Waals surface area contributed by atoms with E-state index in [1.54, 1.807) is 23.1 Å². The number of benzene rings is 2. The van der Waals surface area contributed by atoms with Crippen molar-refractivity contribution in [1.82, 2.24) is 9.80 Å². The van der Waals surface area contributed by atoms with E-state index >= 15 is 0 Å². The maximum absolute atomic E-state index is 14.3. The first-order chi connectivity index (χ1) is 21.9. The highest BCUT2D eigenvalue weighted by Crippen LogP contribution is 2.48. The maximum atomic E-state index is 14.3. The molecule has 3 aliphatic heterocycles. The average Bonchev–Trinajstić information content (AvgIpc) is 3.03. The van der Waals surface area contributed by atoms with Crippen LogP contribution in [0.3, 0.4) is 0 Å². The van der Waals surface area contributed by atoms with E-state index in [0.29, 0.717) is 101 Å². The van der Waals surface area contributed by atoms with Crippen LogP contribution >= 0.6 is 11.8 Å². The highest BCUT2D eigenvalue weighted by molar-refractivity contribution is 7.99. The van der Waals surface area contributed by atoms with Gasteiger partial charge in [0, 0.05) is 84.7 Å². The van der Waals surface area contributed by atoms with E-state index in [-0.39, 0.29) is 17.9 Å². The number of halogens is 6. The van der Waals surface area contributed by atoms with Gasteiger partial charge in [0.25, 0.3) is 0 Å². The van der Waals surface area contributed by atoms with E-state index in [4.69, 9.17) is 9.47 Å². The molecule has 14 heteroatoms. The fourth-order valence-electron chi connectivity index (χ4n) is 5.90. The van der Waals surface area contributed by atoms with E-state index < -0.39 is 39.7 Å². The van der Waals surface area contributed by atoms with Crippen LogP contribution in [0.25, 0.3) is 0 Å². The number of carbonyl (C=O) groups is 2. The number of rotatable bonds is 8. The number of piperidine rings is 1. The Bertz CT molecular complexity index is 1410. The SMILES string of the molecule is O=C(C=CN1CCOCC1)c1ccc(Sc2cccc(NC3CCN(C(=O)C4CCOCC4)CC3)c2)c(C(F)(F)F)c1C(F)(F)F. The van der Waals surface area contributed by atoms with Gasteiger partial charge in [0.2, 0.25) is 5.91 Å². The lowest BCUT2D eigenvalue weighted by atomic mass is 9.96. The van der Waals surface area contributed by atoms with Gasteiger partial charge in [-0.05, 0) is 56.0 Å². The molecule has 46 heavy (non-hydrogen) atoms. The van der Waals surface area contributed by atoms with Gasteiger partial charge in [-0.1, -0.05) is 17.8 Å². The van der Waals surface area contributed by atoms with Gasteiger partial charge in [-0.25, -0.2) is 0 Å². The average molecular weight is 672 g/mol. The number of anilines is 1. The van der Waals surface area contributed by atoms with Gasteiger partial charge < -0.3 is 24.6 Å². The van der Waals surface area contributed by atoms with Crippen LogP contribution in [0.4, 0.5) is 32.0 Å². The van der Waals surface area contributed by atoms with E-state index in [9.17, 15) is 35.9 Å². The number of hydrogen-bond acceptors (Lipinski definition) is 7. The molecule has 2 aromatic rings. The van der Waals surface area contributed by atoms with Crippen molar-refractivity contribution in [3.05, 3.63) is 65.4 Å². The zero-order chi connectivity index (χ0) is 32.9. The second kappa shape index (κ2) is 14.7.